The lowest BCUT2D eigenvalue weighted by molar-refractivity contribution is 0.131. The molecule has 92 valence electrons. The van der Waals surface area contributed by atoms with Crippen LogP contribution in [0.4, 0.5) is 0 Å². The zero-order valence-electron chi connectivity index (χ0n) is 11.0. The summed E-state index contributed by atoms with van der Waals surface area (Å²) in [5.41, 5.74) is 2.44. The van der Waals surface area contributed by atoms with Crippen LogP contribution in [0, 0.1) is 0 Å². The molecule has 1 aromatic rings. The fourth-order valence-electron chi connectivity index (χ4n) is 2.02. The van der Waals surface area contributed by atoms with Crippen molar-refractivity contribution in [3.63, 3.8) is 0 Å². The summed E-state index contributed by atoms with van der Waals surface area (Å²) in [7, 11) is 1.73. The molecule has 2 rings (SSSR count). The first-order valence-electron chi connectivity index (χ1n) is 6.04. The van der Waals surface area contributed by atoms with Crippen molar-refractivity contribution in [2.45, 2.75) is 39.2 Å². The third kappa shape index (κ3) is 3.02. The molecule has 0 heterocycles. The molecule has 0 atom stereocenters. The molecule has 0 spiro atoms. The van der Waals surface area contributed by atoms with Crippen LogP contribution in [0.15, 0.2) is 24.0 Å². The van der Waals surface area contributed by atoms with Crippen molar-refractivity contribution >= 4 is 6.08 Å². The molecule has 0 saturated heterocycles. The summed E-state index contributed by atoms with van der Waals surface area (Å²) in [5.74, 6) is 2.01. The second-order valence-corrected chi connectivity index (χ2v) is 5.39. The highest BCUT2D eigenvalue weighted by atomic mass is 16.5. The first-order chi connectivity index (χ1) is 7.98. The lowest BCUT2D eigenvalue weighted by Gasteiger charge is -2.23. The van der Waals surface area contributed by atoms with Crippen LogP contribution >= 0.6 is 0 Å². The predicted octanol–water partition coefficient (Wildman–Crippen LogP) is 3.80. The number of allylic oxidation sites excluding steroid dienone is 1. The molecule has 2 heteroatoms. The zero-order chi connectivity index (χ0) is 12.5. The molecule has 1 aliphatic carbocycles. The Balaban J connectivity index is 2.25. The predicted molar refractivity (Wildman–Crippen MR) is 70.1 cm³/mol. The van der Waals surface area contributed by atoms with Crippen LogP contribution in [0.1, 0.15) is 38.3 Å². The van der Waals surface area contributed by atoms with Crippen molar-refractivity contribution in [2.24, 2.45) is 0 Å². The molecule has 0 radical (unpaired) electrons. The molecule has 0 amide bonds. The van der Waals surface area contributed by atoms with Gasteiger partial charge in [0, 0.05) is 6.42 Å². The lowest BCUT2D eigenvalue weighted by atomic mass is 9.96. The number of ether oxygens (including phenoxy) is 2. The van der Waals surface area contributed by atoms with E-state index in [1.807, 2.05) is 6.07 Å². The maximum Gasteiger partial charge on any atom is 0.120 e. The number of hydrogen-bond acceptors (Lipinski definition) is 2. The zero-order valence-corrected chi connectivity index (χ0v) is 11.0. The number of benzene rings is 1. The van der Waals surface area contributed by atoms with Gasteiger partial charge in [-0.25, -0.2) is 0 Å². The first-order valence-corrected chi connectivity index (χ1v) is 6.04. The van der Waals surface area contributed by atoms with Gasteiger partial charge in [0.15, 0.2) is 0 Å². The van der Waals surface area contributed by atoms with E-state index in [1.165, 1.54) is 11.1 Å². The number of rotatable bonds is 2. The van der Waals surface area contributed by atoms with Gasteiger partial charge in [0.2, 0.25) is 0 Å². The summed E-state index contributed by atoms with van der Waals surface area (Å²) in [6.45, 7) is 6.19. The fourth-order valence-corrected chi connectivity index (χ4v) is 2.02. The minimum atomic E-state index is -0.142. The molecule has 0 aromatic heterocycles. The maximum atomic E-state index is 5.87. The molecule has 1 aliphatic rings. The summed E-state index contributed by atoms with van der Waals surface area (Å²) < 4.78 is 11.2. The van der Waals surface area contributed by atoms with Gasteiger partial charge in [0.25, 0.3) is 0 Å². The summed E-state index contributed by atoms with van der Waals surface area (Å²) >= 11 is 0. The van der Waals surface area contributed by atoms with Crippen LogP contribution in [0.25, 0.3) is 6.08 Å². The summed E-state index contributed by atoms with van der Waals surface area (Å²) in [5, 5.41) is 0. The van der Waals surface area contributed by atoms with Crippen LogP contribution in [-0.2, 0) is 11.2 Å². The smallest absolute Gasteiger partial charge is 0.120 e. The van der Waals surface area contributed by atoms with Crippen molar-refractivity contribution in [3.05, 3.63) is 35.1 Å². The second kappa shape index (κ2) is 4.44. The Hall–Kier alpha value is -1.44. The Morgan fingerprint density at radius 2 is 1.88 bits per heavy atom. The molecule has 0 saturated carbocycles. The third-order valence-electron chi connectivity index (χ3n) is 2.76. The number of fused-ring (bicyclic) bond motifs is 1. The monoisotopic (exact) mass is 232 g/mol. The summed E-state index contributed by atoms with van der Waals surface area (Å²) in [6.07, 6.45) is 4.11. The summed E-state index contributed by atoms with van der Waals surface area (Å²) in [4.78, 5) is 0. The van der Waals surface area contributed by atoms with Gasteiger partial charge in [-0.3, -0.25) is 0 Å². The Morgan fingerprint density at radius 3 is 2.53 bits per heavy atom. The first kappa shape index (κ1) is 12.0. The Morgan fingerprint density at radius 1 is 1.12 bits per heavy atom. The fraction of sp³-hybridized carbons (Fsp3) is 0.467. The second-order valence-electron chi connectivity index (χ2n) is 5.39. The number of methoxy groups -OCH3 is 1. The molecular weight excluding hydrogens is 212 g/mol. The average molecular weight is 232 g/mol. The Labute approximate surface area is 103 Å². The number of aryl methyl sites for hydroxylation is 1. The van der Waals surface area contributed by atoms with Gasteiger partial charge in [-0.15, -0.1) is 0 Å². The van der Waals surface area contributed by atoms with Gasteiger partial charge in [-0.1, -0.05) is 6.07 Å². The summed E-state index contributed by atoms with van der Waals surface area (Å²) in [6, 6.07) is 6.28. The van der Waals surface area contributed by atoms with E-state index in [9.17, 15) is 0 Å². The molecular formula is C15H20O2. The molecule has 0 fully saturated rings. The highest BCUT2D eigenvalue weighted by molar-refractivity contribution is 5.59. The molecule has 0 aliphatic heterocycles. The standard InChI is InChI=1S/C15H20O2/c1-15(2,3)17-14-8-6-11-9-13(16-4)7-5-12(11)10-14/h6,8-10H,5,7H2,1-4H3. The van der Waals surface area contributed by atoms with Crippen LogP contribution < -0.4 is 4.74 Å². The highest BCUT2D eigenvalue weighted by Crippen LogP contribution is 2.28. The van der Waals surface area contributed by atoms with Crippen molar-refractivity contribution in [3.8, 4) is 5.75 Å². The van der Waals surface area contributed by atoms with E-state index >= 15 is 0 Å². The SMILES string of the molecule is COC1=Cc2ccc(OC(C)(C)C)cc2CC1. The van der Waals surface area contributed by atoms with Crippen molar-refractivity contribution in [1.82, 2.24) is 0 Å². The molecule has 0 unspecified atom stereocenters. The van der Waals surface area contributed by atoms with Gasteiger partial charge < -0.3 is 9.47 Å². The molecule has 0 N–H and O–H groups in total. The van der Waals surface area contributed by atoms with Crippen LogP contribution in [0.2, 0.25) is 0 Å². The molecule has 17 heavy (non-hydrogen) atoms. The van der Waals surface area contributed by atoms with Gasteiger partial charge in [0.1, 0.15) is 11.4 Å². The van der Waals surface area contributed by atoms with Gasteiger partial charge in [-0.05, 0) is 56.5 Å². The number of hydrogen-bond donors (Lipinski definition) is 0. The largest absolute Gasteiger partial charge is 0.501 e. The minimum absolute atomic E-state index is 0.142. The quantitative estimate of drug-likeness (QED) is 0.772. The Bertz CT molecular complexity index is 439. The van der Waals surface area contributed by atoms with Crippen molar-refractivity contribution < 1.29 is 9.47 Å². The van der Waals surface area contributed by atoms with E-state index in [0.717, 1.165) is 24.4 Å². The van der Waals surface area contributed by atoms with Gasteiger partial charge >= 0.3 is 0 Å². The lowest BCUT2D eigenvalue weighted by Crippen LogP contribution is -2.23. The van der Waals surface area contributed by atoms with E-state index in [4.69, 9.17) is 9.47 Å². The van der Waals surface area contributed by atoms with Gasteiger partial charge in [-0.2, -0.15) is 0 Å². The van der Waals surface area contributed by atoms with E-state index in [0.29, 0.717) is 0 Å². The molecule has 0 bridgehead atoms. The maximum absolute atomic E-state index is 5.87. The molecule has 1 aromatic carbocycles. The van der Waals surface area contributed by atoms with E-state index < -0.39 is 0 Å². The topological polar surface area (TPSA) is 18.5 Å². The minimum Gasteiger partial charge on any atom is -0.501 e. The van der Waals surface area contributed by atoms with Gasteiger partial charge in [0.05, 0.1) is 12.9 Å². The van der Waals surface area contributed by atoms with E-state index in [2.05, 4.69) is 39.0 Å². The van der Waals surface area contributed by atoms with Crippen molar-refractivity contribution in [2.75, 3.05) is 7.11 Å². The molecule has 2 nitrogen and oxygen atoms in total. The van der Waals surface area contributed by atoms with E-state index in [1.54, 1.807) is 7.11 Å². The van der Waals surface area contributed by atoms with Crippen molar-refractivity contribution in [1.29, 1.82) is 0 Å². The van der Waals surface area contributed by atoms with Crippen LogP contribution in [0.3, 0.4) is 0 Å². The highest BCUT2D eigenvalue weighted by Gasteiger charge is 2.15. The third-order valence-corrected chi connectivity index (χ3v) is 2.76. The Kier molecular flexibility index (Phi) is 3.14. The normalized spacial score (nSPS) is 14.9. The van der Waals surface area contributed by atoms with Crippen LogP contribution in [-0.4, -0.2) is 12.7 Å². The van der Waals surface area contributed by atoms with Crippen LogP contribution in [0.5, 0.6) is 5.75 Å². The average Bonchev–Trinajstić information content (AvgIpc) is 2.26. The van der Waals surface area contributed by atoms with E-state index in [-0.39, 0.29) is 5.60 Å².